The molecule has 6 rings (SSSR count). The van der Waals surface area contributed by atoms with E-state index in [1.54, 1.807) is 0 Å². The van der Waals surface area contributed by atoms with Crippen LogP contribution in [-0.4, -0.2) is 76.3 Å². The molecule has 2 N–H and O–H groups in total. The fourth-order valence-corrected chi connectivity index (χ4v) is 8.32. The minimum Gasteiger partial charge on any atom is -0.486 e. The number of hydrogen-bond acceptors (Lipinski definition) is 14. The summed E-state index contributed by atoms with van der Waals surface area (Å²) in [7, 11) is -5.59. The molecule has 250 valence electrons. The van der Waals surface area contributed by atoms with Gasteiger partial charge < -0.3 is 18.9 Å². The number of fused-ring (bicyclic) bond motifs is 2. The molecule has 0 radical (unpaired) electrons. The summed E-state index contributed by atoms with van der Waals surface area (Å²) in [4.78, 5) is 33.3. The van der Waals surface area contributed by atoms with Crippen molar-refractivity contribution in [1.82, 2.24) is 9.97 Å². The Hall–Kier alpha value is -4.52. The van der Waals surface area contributed by atoms with Crippen LogP contribution in [0.25, 0.3) is 0 Å². The van der Waals surface area contributed by atoms with Gasteiger partial charge in [0.05, 0.1) is 45.1 Å². The van der Waals surface area contributed by atoms with Crippen LogP contribution in [0.3, 0.4) is 0 Å². The molecule has 2 aliphatic rings. The van der Waals surface area contributed by atoms with Gasteiger partial charge in [0, 0.05) is 12.1 Å². The van der Waals surface area contributed by atoms with Crippen molar-refractivity contribution in [2.24, 2.45) is 0 Å². The minimum atomic E-state index is -3.95. The number of ether oxygens (including phenoxy) is 4. The smallest absolute Gasteiger partial charge is 0.262 e. The number of pyridine rings is 2. The zero-order valence-corrected chi connectivity index (χ0v) is 28.0. The Morgan fingerprint density at radius 2 is 0.979 bits per heavy atom. The number of anilines is 2. The third-order valence-corrected chi connectivity index (χ3v) is 11.6. The van der Waals surface area contributed by atoms with E-state index < -0.39 is 20.0 Å². The molecule has 0 saturated carbocycles. The van der Waals surface area contributed by atoms with Crippen LogP contribution in [0, 0.1) is 0 Å². The van der Waals surface area contributed by atoms with Crippen LogP contribution in [0.15, 0.2) is 82.8 Å². The molecule has 0 unspecified atom stereocenters. The number of carbonyl (C=O) groups is 2. The van der Waals surface area contributed by atoms with Crippen molar-refractivity contribution in [1.29, 1.82) is 0 Å². The molecule has 0 saturated heterocycles. The minimum absolute atomic E-state index is 0.0151. The lowest BCUT2D eigenvalue weighted by Gasteiger charge is -2.19. The molecule has 0 spiro atoms. The van der Waals surface area contributed by atoms with Gasteiger partial charge in [-0.1, -0.05) is 21.6 Å². The van der Waals surface area contributed by atoms with Crippen molar-refractivity contribution in [3.05, 3.63) is 84.4 Å². The highest BCUT2D eigenvalue weighted by molar-refractivity contribution is 8.77. The highest BCUT2D eigenvalue weighted by Gasteiger charge is 2.22. The van der Waals surface area contributed by atoms with Crippen LogP contribution >= 0.6 is 21.6 Å². The van der Waals surface area contributed by atoms with E-state index in [1.165, 1.54) is 73.1 Å². The lowest BCUT2D eigenvalue weighted by molar-refractivity contribution is 0.100. The number of hydrogen-bond donors (Lipinski definition) is 2. The van der Waals surface area contributed by atoms with Gasteiger partial charge in [-0.2, -0.15) is 0 Å². The number of nitrogens with one attached hydrogen (secondary N) is 2. The zero-order chi connectivity index (χ0) is 33.7. The number of rotatable bonds is 13. The molecule has 2 aromatic heterocycles. The van der Waals surface area contributed by atoms with E-state index in [0.29, 0.717) is 49.4 Å². The van der Waals surface area contributed by atoms with Crippen molar-refractivity contribution in [3.8, 4) is 23.0 Å². The number of nitrogens with zero attached hydrogens (tertiary/aromatic N) is 2. The van der Waals surface area contributed by atoms with E-state index >= 15 is 0 Å². The maximum Gasteiger partial charge on any atom is 0.262 e. The third-order valence-electron chi connectivity index (χ3n) is 6.71. The summed E-state index contributed by atoms with van der Waals surface area (Å²) in [6.45, 7) is 1.41. The summed E-state index contributed by atoms with van der Waals surface area (Å²) in [6, 6.07) is 14.3. The molecular weight excluding hydrogens is 705 g/mol. The Morgan fingerprint density at radius 3 is 1.35 bits per heavy atom. The molecule has 14 nitrogen and oxygen atoms in total. The number of sulfonamides is 2. The van der Waals surface area contributed by atoms with Crippen molar-refractivity contribution in [3.63, 3.8) is 0 Å². The number of benzene rings is 2. The Morgan fingerprint density at radius 1 is 0.583 bits per heavy atom. The fourth-order valence-electron chi connectivity index (χ4n) is 4.39. The predicted octanol–water partition coefficient (Wildman–Crippen LogP) is 4.07. The Labute approximate surface area is 283 Å². The monoisotopic (exact) mass is 730 g/mol. The molecule has 0 atom stereocenters. The Bertz CT molecular complexity index is 1910. The van der Waals surface area contributed by atoms with Crippen LogP contribution in [-0.2, 0) is 20.0 Å². The predicted molar refractivity (Wildman–Crippen MR) is 179 cm³/mol. The third kappa shape index (κ3) is 7.95. The van der Waals surface area contributed by atoms with Gasteiger partial charge in [0.15, 0.2) is 34.6 Å². The quantitative estimate of drug-likeness (QED) is 0.114. The highest BCUT2D eigenvalue weighted by Crippen LogP contribution is 2.34. The van der Waals surface area contributed by atoms with Gasteiger partial charge in [-0.05, 0) is 48.5 Å². The first-order valence-electron chi connectivity index (χ1n) is 14.2. The van der Waals surface area contributed by atoms with Gasteiger partial charge in [-0.15, -0.1) is 0 Å². The van der Waals surface area contributed by atoms with Gasteiger partial charge in [-0.3, -0.25) is 29.0 Å². The average Bonchev–Trinajstić information content (AvgIpc) is 3.09. The highest BCUT2D eigenvalue weighted by atomic mass is 33.1. The maximum atomic E-state index is 12.8. The standard InChI is InChI=1S/C30H26N4O10S4/c35-25(23-5-1-19(15-31-23)33-47(37,38)21-3-7-27-29(13-21)43-11-9-41-27)17-45-46-18-26(36)24-6-2-20(16-32-24)34-48(39,40)22-4-8-28-30(14-22)44-12-10-42-28/h1-8,13-16,33-34H,9-12,17-18H2. The maximum absolute atomic E-state index is 12.8. The van der Waals surface area contributed by atoms with Gasteiger partial charge in [0.25, 0.3) is 20.0 Å². The topological polar surface area (TPSA) is 189 Å². The summed E-state index contributed by atoms with van der Waals surface area (Å²) in [5.74, 6) is 1.02. The number of ketones is 2. The molecule has 18 heteroatoms. The van der Waals surface area contributed by atoms with Gasteiger partial charge in [0.1, 0.15) is 37.8 Å². The lowest BCUT2D eigenvalue weighted by Crippen LogP contribution is -2.17. The second kappa shape index (κ2) is 14.3. The number of Topliss-reactive ketones (excluding diaryl/α,β-unsaturated/α-hetero) is 2. The normalized spacial score (nSPS) is 13.8. The van der Waals surface area contributed by atoms with Gasteiger partial charge >= 0.3 is 0 Å². The molecule has 4 aromatic rings. The largest absolute Gasteiger partial charge is 0.486 e. The summed E-state index contributed by atoms with van der Waals surface area (Å²) in [5.41, 5.74) is 0.604. The van der Waals surface area contributed by atoms with E-state index in [1.807, 2.05) is 0 Å². The first-order valence-corrected chi connectivity index (χ1v) is 19.6. The van der Waals surface area contributed by atoms with E-state index in [-0.39, 0.29) is 55.6 Å². The van der Waals surface area contributed by atoms with Crippen molar-refractivity contribution in [2.45, 2.75) is 9.79 Å². The summed E-state index contributed by atoms with van der Waals surface area (Å²) < 4.78 is 77.9. The molecule has 0 bridgehead atoms. The van der Waals surface area contributed by atoms with Crippen molar-refractivity contribution >= 4 is 64.6 Å². The van der Waals surface area contributed by atoms with Crippen molar-refractivity contribution in [2.75, 3.05) is 47.4 Å². The first-order chi connectivity index (χ1) is 23.1. The molecular formula is C30H26N4O10S4. The van der Waals surface area contributed by atoms with E-state index in [0.717, 1.165) is 21.6 Å². The van der Waals surface area contributed by atoms with Crippen LogP contribution in [0.4, 0.5) is 11.4 Å². The van der Waals surface area contributed by atoms with Crippen LogP contribution < -0.4 is 28.4 Å². The summed E-state index contributed by atoms with van der Waals surface area (Å²) >= 11 is 0. The van der Waals surface area contributed by atoms with Gasteiger partial charge in [-0.25, -0.2) is 16.8 Å². The summed E-state index contributed by atoms with van der Waals surface area (Å²) in [5, 5.41) is 0. The SMILES string of the molecule is O=C(CSSCC(=O)c1ccc(NS(=O)(=O)c2ccc3c(c2)OCCO3)cn1)c1ccc(NS(=O)(=O)c2ccc3c(c2)OCCO3)cn1. The van der Waals surface area contributed by atoms with Crippen molar-refractivity contribution < 1.29 is 45.4 Å². The molecule has 0 amide bonds. The fraction of sp³-hybridized carbons (Fsp3) is 0.200. The summed E-state index contributed by atoms with van der Waals surface area (Å²) in [6.07, 6.45) is 2.49. The zero-order valence-electron chi connectivity index (χ0n) is 24.8. The van der Waals surface area contributed by atoms with Gasteiger partial charge in [0.2, 0.25) is 0 Å². The molecule has 2 aliphatic heterocycles. The number of carbonyl (C=O) groups excluding carboxylic acids is 2. The first kappa shape index (κ1) is 33.4. The molecule has 0 aliphatic carbocycles. The number of aromatic nitrogens is 2. The van der Waals surface area contributed by atoms with E-state index in [9.17, 15) is 26.4 Å². The molecule has 4 heterocycles. The average molecular weight is 731 g/mol. The lowest BCUT2D eigenvalue weighted by atomic mass is 10.2. The second-order valence-electron chi connectivity index (χ2n) is 10.1. The Balaban J connectivity index is 0.954. The van der Waals surface area contributed by atoms with Crippen LogP contribution in [0.1, 0.15) is 21.0 Å². The molecule has 0 fully saturated rings. The van der Waals surface area contributed by atoms with E-state index in [2.05, 4.69) is 19.4 Å². The molecule has 2 aromatic carbocycles. The second-order valence-corrected chi connectivity index (χ2v) is 15.9. The van der Waals surface area contributed by atoms with Crippen LogP contribution in [0.2, 0.25) is 0 Å². The Kier molecular flexibility index (Phi) is 9.95. The van der Waals surface area contributed by atoms with Crippen LogP contribution in [0.5, 0.6) is 23.0 Å². The molecule has 48 heavy (non-hydrogen) atoms. The van der Waals surface area contributed by atoms with E-state index in [4.69, 9.17) is 18.9 Å².